The lowest BCUT2D eigenvalue weighted by molar-refractivity contribution is 0.0428. The molecule has 1 unspecified atom stereocenters. The Labute approximate surface area is 124 Å². The van der Waals surface area contributed by atoms with Crippen LogP contribution in [0.4, 0.5) is 4.39 Å². The highest BCUT2D eigenvalue weighted by Gasteiger charge is 2.19. The Hall–Kier alpha value is -1.21. The van der Waals surface area contributed by atoms with Crippen LogP contribution in [-0.4, -0.2) is 78.6 Å². The molecule has 1 saturated heterocycles. The molecule has 1 aliphatic heterocycles. The number of hydrogen-bond donors (Lipinski definition) is 2. The summed E-state index contributed by atoms with van der Waals surface area (Å²) in [6.07, 6.45) is -0.570. The lowest BCUT2D eigenvalue weighted by Gasteiger charge is -2.35. The van der Waals surface area contributed by atoms with Gasteiger partial charge < -0.3 is 14.9 Å². The van der Waals surface area contributed by atoms with Crippen LogP contribution in [-0.2, 0) is 0 Å². The normalized spacial score (nSPS) is 18.6. The Bertz CT molecular complexity index is 408. The van der Waals surface area contributed by atoms with Crippen molar-refractivity contribution in [1.29, 1.82) is 0 Å². The van der Waals surface area contributed by atoms with Gasteiger partial charge in [-0.2, -0.15) is 0 Å². The number of aliphatic hydroxyl groups excluding tert-OH is 2. The molecule has 1 fully saturated rings. The third-order valence-electron chi connectivity index (χ3n) is 3.61. The second-order valence-electron chi connectivity index (χ2n) is 5.28. The highest BCUT2D eigenvalue weighted by molar-refractivity contribution is 5.22. The largest absolute Gasteiger partial charge is 0.491 e. The zero-order chi connectivity index (χ0) is 15.1. The fraction of sp³-hybridized carbons (Fsp3) is 0.600. The maximum Gasteiger partial charge on any atom is 0.123 e. The third kappa shape index (κ3) is 5.59. The average molecular weight is 298 g/mol. The van der Waals surface area contributed by atoms with Gasteiger partial charge in [-0.25, -0.2) is 4.39 Å². The van der Waals surface area contributed by atoms with E-state index in [0.717, 1.165) is 26.2 Å². The van der Waals surface area contributed by atoms with E-state index in [9.17, 15) is 9.50 Å². The van der Waals surface area contributed by atoms with Crippen molar-refractivity contribution in [2.45, 2.75) is 6.10 Å². The second kappa shape index (κ2) is 8.29. The molecule has 1 heterocycles. The molecule has 0 radical (unpaired) electrons. The van der Waals surface area contributed by atoms with Gasteiger partial charge in [0.15, 0.2) is 0 Å². The number of piperazine rings is 1. The van der Waals surface area contributed by atoms with Gasteiger partial charge in [0.2, 0.25) is 0 Å². The number of halogens is 1. The van der Waals surface area contributed by atoms with Crippen molar-refractivity contribution in [1.82, 2.24) is 9.80 Å². The number of rotatable bonds is 7. The summed E-state index contributed by atoms with van der Waals surface area (Å²) in [4.78, 5) is 4.39. The van der Waals surface area contributed by atoms with Gasteiger partial charge in [-0.15, -0.1) is 0 Å². The molecule has 21 heavy (non-hydrogen) atoms. The van der Waals surface area contributed by atoms with Gasteiger partial charge in [0.1, 0.15) is 24.3 Å². The first-order valence-electron chi connectivity index (χ1n) is 7.29. The maximum atomic E-state index is 12.7. The van der Waals surface area contributed by atoms with Crippen LogP contribution in [0.5, 0.6) is 5.75 Å². The van der Waals surface area contributed by atoms with Crippen LogP contribution in [0.2, 0.25) is 0 Å². The zero-order valence-electron chi connectivity index (χ0n) is 12.1. The summed E-state index contributed by atoms with van der Waals surface area (Å²) >= 11 is 0. The maximum absolute atomic E-state index is 12.7. The molecule has 1 aromatic carbocycles. The fourth-order valence-corrected chi connectivity index (χ4v) is 2.41. The summed E-state index contributed by atoms with van der Waals surface area (Å²) in [5.41, 5.74) is 0. The van der Waals surface area contributed by atoms with E-state index >= 15 is 0 Å². The summed E-state index contributed by atoms with van der Waals surface area (Å²) < 4.78 is 18.2. The summed E-state index contributed by atoms with van der Waals surface area (Å²) in [6.45, 7) is 5.24. The highest BCUT2D eigenvalue weighted by atomic mass is 19.1. The van der Waals surface area contributed by atoms with Gasteiger partial charge in [-0.1, -0.05) is 0 Å². The SMILES string of the molecule is OCCN1CCN(CC(O)COc2ccc(F)cc2)CC1. The van der Waals surface area contributed by atoms with Crippen LogP contribution >= 0.6 is 0 Å². The van der Waals surface area contributed by atoms with Crippen LogP contribution in [0, 0.1) is 5.82 Å². The fourth-order valence-electron chi connectivity index (χ4n) is 2.41. The minimum absolute atomic E-state index is 0.189. The molecule has 0 bridgehead atoms. The van der Waals surface area contributed by atoms with E-state index < -0.39 is 6.10 Å². The minimum Gasteiger partial charge on any atom is -0.491 e. The summed E-state index contributed by atoms with van der Waals surface area (Å²) in [5, 5.41) is 18.9. The van der Waals surface area contributed by atoms with Crippen molar-refractivity contribution in [3.63, 3.8) is 0 Å². The Kier molecular flexibility index (Phi) is 6.38. The monoisotopic (exact) mass is 298 g/mol. The van der Waals surface area contributed by atoms with Crippen molar-refractivity contribution in [3.05, 3.63) is 30.1 Å². The average Bonchev–Trinajstić information content (AvgIpc) is 2.49. The Morgan fingerprint density at radius 2 is 1.71 bits per heavy atom. The Morgan fingerprint density at radius 1 is 1.10 bits per heavy atom. The molecule has 0 amide bonds. The van der Waals surface area contributed by atoms with Gasteiger partial charge >= 0.3 is 0 Å². The van der Waals surface area contributed by atoms with Crippen molar-refractivity contribution in [2.75, 3.05) is 52.5 Å². The molecule has 1 aliphatic rings. The lowest BCUT2D eigenvalue weighted by atomic mass is 10.2. The van der Waals surface area contributed by atoms with Crippen LogP contribution < -0.4 is 4.74 Å². The summed E-state index contributed by atoms with van der Waals surface area (Å²) in [5.74, 6) is 0.256. The van der Waals surface area contributed by atoms with Gasteiger partial charge in [0.05, 0.1) is 6.61 Å². The molecule has 6 heteroatoms. The molecule has 0 spiro atoms. The van der Waals surface area contributed by atoms with Crippen LogP contribution in [0.1, 0.15) is 0 Å². The highest BCUT2D eigenvalue weighted by Crippen LogP contribution is 2.11. The molecule has 1 aromatic rings. The molecule has 0 aromatic heterocycles. The Balaban J connectivity index is 1.65. The number of benzene rings is 1. The van der Waals surface area contributed by atoms with Crippen molar-refractivity contribution < 1.29 is 19.3 Å². The predicted molar refractivity (Wildman–Crippen MR) is 77.9 cm³/mol. The van der Waals surface area contributed by atoms with E-state index in [0.29, 0.717) is 18.8 Å². The second-order valence-corrected chi connectivity index (χ2v) is 5.28. The van der Waals surface area contributed by atoms with Crippen LogP contribution in [0.3, 0.4) is 0 Å². The van der Waals surface area contributed by atoms with E-state index in [1.165, 1.54) is 12.1 Å². The quantitative estimate of drug-likeness (QED) is 0.752. The first-order valence-corrected chi connectivity index (χ1v) is 7.29. The number of hydrogen-bond acceptors (Lipinski definition) is 5. The number of aliphatic hydroxyl groups is 2. The Morgan fingerprint density at radius 3 is 2.33 bits per heavy atom. The summed E-state index contributed by atoms with van der Waals surface area (Å²) in [7, 11) is 0. The van der Waals surface area contributed by atoms with Gasteiger partial charge in [0, 0.05) is 39.3 Å². The number of β-amino-alcohol motifs (C(OH)–C–C–N with tert-alkyl or cyclic N) is 2. The van der Waals surface area contributed by atoms with Crippen molar-refractivity contribution >= 4 is 0 Å². The van der Waals surface area contributed by atoms with Gasteiger partial charge in [-0.05, 0) is 24.3 Å². The molecule has 0 saturated carbocycles. The smallest absolute Gasteiger partial charge is 0.123 e. The number of nitrogens with zero attached hydrogens (tertiary/aromatic N) is 2. The minimum atomic E-state index is -0.570. The van der Waals surface area contributed by atoms with Crippen LogP contribution in [0.25, 0.3) is 0 Å². The van der Waals surface area contributed by atoms with E-state index in [2.05, 4.69) is 9.80 Å². The molecule has 2 N–H and O–H groups in total. The first-order chi connectivity index (χ1) is 10.2. The van der Waals surface area contributed by atoms with Crippen molar-refractivity contribution in [3.8, 4) is 5.75 Å². The molecule has 1 atom stereocenters. The summed E-state index contributed by atoms with van der Waals surface area (Å²) in [6, 6.07) is 5.77. The first kappa shape index (κ1) is 16.2. The van der Waals surface area contributed by atoms with Gasteiger partial charge in [-0.3, -0.25) is 9.80 Å². The molecule has 118 valence electrons. The van der Waals surface area contributed by atoms with Gasteiger partial charge in [0.25, 0.3) is 0 Å². The third-order valence-corrected chi connectivity index (χ3v) is 3.61. The standard InChI is InChI=1S/C15H23FN2O3/c16-13-1-3-15(4-2-13)21-12-14(20)11-18-7-5-17(6-8-18)9-10-19/h1-4,14,19-20H,5-12H2. The lowest BCUT2D eigenvalue weighted by Crippen LogP contribution is -2.49. The molecular formula is C15H23FN2O3. The van der Waals surface area contributed by atoms with E-state index in [4.69, 9.17) is 9.84 Å². The molecular weight excluding hydrogens is 275 g/mol. The van der Waals surface area contributed by atoms with E-state index in [1.54, 1.807) is 12.1 Å². The molecule has 5 nitrogen and oxygen atoms in total. The van der Waals surface area contributed by atoms with Crippen molar-refractivity contribution in [2.24, 2.45) is 0 Å². The van der Waals surface area contributed by atoms with E-state index in [-0.39, 0.29) is 19.0 Å². The predicted octanol–water partition coefficient (Wildman–Crippen LogP) is 0.175. The number of ether oxygens (including phenoxy) is 1. The van der Waals surface area contributed by atoms with Crippen LogP contribution in [0.15, 0.2) is 24.3 Å². The van der Waals surface area contributed by atoms with E-state index in [1.807, 2.05) is 0 Å². The molecule has 0 aliphatic carbocycles. The topological polar surface area (TPSA) is 56.2 Å². The zero-order valence-corrected chi connectivity index (χ0v) is 12.1. The molecule has 2 rings (SSSR count).